The van der Waals surface area contributed by atoms with E-state index >= 15 is 0 Å². The molecule has 0 aromatic heterocycles. The zero-order valence-electron chi connectivity index (χ0n) is 11.8. The normalized spacial score (nSPS) is 14.6. The molecule has 0 amide bonds. The molecule has 1 atom stereocenters. The number of rotatable bonds is 4. The molecule has 3 rings (SSSR count). The summed E-state index contributed by atoms with van der Waals surface area (Å²) in [6.07, 6.45) is 0.880. The largest absolute Gasteiger partial charge is 0.493 e. The number of benzene rings is 2. The molecule has 110 valence electrons. The quantitative estimate of drug-likeness (QED) is 0.917. The van der Waals surface area contributed by atoms with E-state index in [4.69, 9.17) is 16.3 Å². The second kappa shape index (κ2) is 6.04. The van der Waals surface area contributed by atoms with Gasteiger partial charge in [-0.3, -0.25) is 0 Å². The van der Waals surface area contributed by atoms with E-state index in [2.05, 4.69) is 5.32 Å². The van der Waals surface area contributed by atoms with Crippen LogP contribution in [0.3, 0.4) is 0 Å². The van der Waals surface area contributed by atoms with Crippen LogP contribution in [0, 0.1) is 5.82 Å². The van der Waals surface area contributed by atoms with Crippen LogP contribution < -0.4 is 10.1 Å². The highest BCUT2D eigenvalue weighted by Crippen LogP contribution is 2.38. The van der Waals surface area contributed by atoms with Crippen LogP contribution in [0.25, 0.3) is 0 Å². The molecule has 2 aromatic carbocycles. The molecule has 0 aliphatic carbocycles. The molecule has 1 aliphatic rings. The maximum Gasteiger partial charge on any atom is 0.127 e. The average molecular weight is 306 g/mol. The highest BCUT2D eigenvalue weighted by Gasteiger charge is 2.24. The van der Waals surface area contributed by atoms with Crippen molar-refractivity contribution in [2.24, 2.45) is 0 Å². The van der Waals surface area contributed by atoms with E-state index in [1.165, 1.54) is 12.1 Å². The molecule has 0 saturated heterocycles. The molecule has 0 bridgehead atoms. The Morgan fingerprint density at radius 1 is 1.29 bits per heavy atom. The van der Waals surface area contributed by atoms with Gasteiger partial charge in [0.25, 0.3) is 0 Å². The number of fused-ring (bicyclic) bond motifs is 1. The summed E-state index contributed by atoms with van der Waals surface area (Å²) in [5.41, 5.74) is 3.16. The Morgan fingerprint density at radius 3 is 2.76 bits per heavy atom. The van der Waals surface area contributed by atoms with Gasteiger partial charge in [-0.15, -0.1) is 0 Å². The monoisotopic (exact) mass is 305 g/mol. The number of hydrogen-bond donors (Lipinski definition) is 1. The van der Waals surface area contributed by atoms with Gasteiger partial charge < -0.3 is 10.1 Å². The Bertz CT molecular complexity index is 642. The highest BCUT2D eigenvalue weighted by molar-refractivity contribution is 6.30. The number of halogens is 2. The lowest BCUT2D eigenvalue weighted by atomic mass is 9.95. The van der Waals surface area contributed by atoms with Gasteiger partial charge >= 0.3 is 0 Å². The van der Waals surface area contributed by atoms with Crippen molar-refractivity contribution in [1.82, 2.24) is 5.32 Å². The molecule has 1 aliphatic heterocycles. The summed E-state index contributed by atoms with van der Waals surface area (Å²) in [5.74, 6) is 0.677. The fraction of sp³-hybridized carbons (Fsp3) is 0.294. The number of hydrogen-bond acceptors (Lipinski definition) is 2. The maximum atomic E-state index is 13.2. The van der Waals surface area contributed by atoms with E-state index in [0.717, 1.165) is 35.4 Å². The van der Waals surface area contributed by atoms with Gasteiger partial charge in [-0.05, 0) is 41.9 Å². The van der Waals surface area contributed by atoms with Crippen LogP contribution in [-0.4, -0.2) is 13.2 Å². The van der Waals surface area contributed by atoms with Crippen LogP contribution in [0.1, 0.15) is 29.7 Å². The maximum absolute atomic E-state index is 13.2. The first-order valence-electron chi connectivity index (χ1n) is 7.13. The van der Waals surface area contributed by atoms with Crippen molar-refractivity contribution in [3.05, 3.63) is 63.9 Å². The second-order valence-corrected chi connectivity index (χ2v) is 5.56. The Kier molecular flexibility index (Phi) is 4.13. The minimum atomic E-state index is -0.235. The van der Waals surface area contributed by atoms with Gasteiger partial charge in [0.05, 0.1) is 12.6 Å². The van der Waals surface area contributed by atoms with Crippen LogP contribution in [-0.2, 0) is 6.42 Å². The van der Waals surface area contributed by atoms with E-state index in [1.807, 2.05) is 19.1 Å². The van der Waals surface area contributed by atoms with Crippen LogP contribution in [0.5, 0.6) is 5.75 Å². The summed E-state index contributed by atoms with van der Waals surface area (Å²) >= 11 is 6.24. The SMILES string of the molecule is CCNC(c1ccc(F)cc1)c1cc(Cl)cc2c1OCC2. The lowest BCUT2D eigenvalue weighted by molar-refractivity contribution is 0.350. The fourth-order valence-corrected chi connectivity index (χ4v) is 3.03. The van der Waals surface area contributed by atoms with Gasteiger partial charge in [-0.1, -0.05) is 30.7 Å². The summed E-state index contributed by atoms with van der Waals surface area (Å²) in [6.45, 7) is 3.52. The van der Waals surface area contributed by atoms with E-state index < -0.39 is 0 Å². The third kappa shape index (κ3) is 2.89. The van der Waals surface area contributed by atoms with E-state index in [-0.39, 0.29) is 11.9 Å². The van der Waals surface area contributed by atoms with Crippen LogP contribution in [0.2, 0.25) is 5.02 Å². The van der Waals surface area contributed by atoms with Gasteiger partial charge in [-0.25, -0.2) is 4.39 Å². The first-order valence-corrected chi connectivity index (χ1v) is 7.51. The smallest absolute Gasteiger partial charge is 0.127 e. The summed E-state index contributed by atoms with van der Waals surface area (Å²) in [5, 5.41) is 4.14. The second-order valence-electron chi connectivity index (χ2n) is 5.12. The van der Waals surface area contributed by atoms with Gasteiger partial charge in [-0.2, -0.15) is 0 Å². The number of ether oxygens (including phenoxy) is 1. The highest BCUT2D eigenvalue weighted by atomic mass is 35.5. The van der Waals surface area contributed by atoms with Crippen molar-refractivity contribution < 1.29 is 9.13 Å². The predicted molar refractivity (Wildman–Crippen MR) is 82.6 cm³/mol. The Labute approximate surface area is 128 Å². The zero-order chi connectivity index (χ0) is 14.8. The molecule has 0 spiro atoms. The van der Waals surface area contributed by atoms with Crippen molar-refractivity contribution in [3.8, 4) is 5.75 Å². The van der Waals surface area contributed by atoms with E-state index in [1.54, 1.807) is 12.1 Å². The van der Waals surface area contributed by atoms with Crippen molar-refractivity contribution in [2.45, 2.75) is 19.4 Å². The first-order chi connectivity index (χ1) is 10.2. The van der Waals surface area contributed by atoms with Gasteiger partial charge in [0.2, 0.25) is 0 Å². The molecule has 2 nitrogen and oxygen atoms in total. The Hall–Kier alpha value is -1.58. The van der Waals surface area contributed by atoms with Gasteiger partial charge in [0.1, 0.15) is 11.6 Å². The molecule has 0 saturated carbocycles. The molecular weight excluding hydrogens is 289 g/mol. The van der Waals surface area contributed by atoms with Crippen molar-refractivity contribution in [2.75, 3.05) is 13.2 Å². The Balaban J connectivity index is 2.07. The minimum absolute atomic E-state index is 0.0545. The van der Waals surface area contributed by atoms with Crippen LogP contribution in [0.4, 0.5) is 4.39 Å². The lowest BCUT2D eigenvalue weighted by Gasteiger charge is -2.21. The molecule has 4 heteroatoms. The topological polar surface area (TPSA) is 21.3 Å². The van der Waals surface area contributed by atoms with Crippen LogP contribution >= 0.6 is 11.6 Å². The summed E-state index contributed by atoms with van der Waals surface area (Å²) in [6, 6.07) is 10.4. The third-order valence-corrected chi connectivity index (χ3v) is 3.92. The standard InChI is InChI=1S/C17H17ClFNO/c1-2-20-16(11-3-5-14(19)6-4-11)15-10-13(18)9-12-7-8-21-17(12)15/h3-6,9-10,16,20H,2,7-8H2,1H3. The molecule has 21 heavy (non-hydrogen) atoms. The molecule has 1 N–H and O–H groups in total. The fourth-order valence-electron chi connectivity index (χ4n) is 2.78. The van der Waals surface area contributed by atoms with Gasteiger partial charge in [0.15, 0.2) is 0 Å². The van der Waals surface area contributed by atoms with E-state index in [9.17, 15) is 4.39 Å². The molecule has 1 unspecified atom stereocenters. The molecular formula is C17H17ClFNO. The molecule has 0 radical (unpaired) electrons. The predicted octanol–water partition coefficient (Wildman–Crippen LogP) is 4.11. The van der Waals surface area contributed by atoms with Crippen molar-refractivity contribution in [1.29, 1.82) is 0 Å². The molecule has 0 fully saturated rings. The van der Waals surface area contributed by atoms with Crippen molar-refractivity contribution in [3.63, 3.8) is 0 Å². The van der Waals surface area contributed by atoms with Crippen LogP contribution in [0.15, 0.2) is 36.4 Å². The third-order valence-electron chi connectivity index (χ3n) is 3.70. The summed E-state index contributed by atoms with van der Waals surface area (Å²) < 4.78 is 18.9. The van der Waals surface area contributed by atoms with E-state index in [0.29, 0.717) is 11.6 Å². The van der Waals surface area contributed by atoms with Crippen molar-refractivity contribution >= 4 is 11.6 Å². The minimum Gasteiger partial charge on any atom is -0.493 e. The summed E-state index contributed by atoms with van der Waals surface area (Å²) in [4.78, 5) is 0. The molecule has 1 heterocycles. The Morgan fingerprint density at radius 2 is 2.05 bits per heavy atom. The first kappa shape index (κ1) is 14.4. The lowest BCUT2D eigenvalue weighted by Crippen LogP contribution is -2.22. The average Bonchev–Trinajstić information content (AvgIpc) is 2.93. The van der Waals surface area contributed by atoms with Gasteiger partial charge in [0, 0.05) is 17.0 Å². The zero-order valence-corrected chi connectivity index (χ0v) is 12.6. The number of nitrogens with one attached hydrogen (secondary N) is 1. The summed E-state index contributed by atoms with van der Waals surface area (Å²) in [7, 11) is 0. The molecule has 2 aromatic rings.